The van der Waals surface area contributed by atoms with E-state index in [1.54, 1.807) is 0 Å². The molecule has 68 valence electrons. The molecule has 0 saturated heterocycles. The summed E-state index contributed by atoms with van der Waals surface area (Å²) < 4.78 is 35.7. The summed E-state index contributed by atoms with van der Waals surface area (Å²) in [5.74, 6) is 4.94. The average molecular weight is 180 g/mol. The average Bonchev–Trinajstić information content (AvgIpc) is 2.03. The van der Waals surface area contributed by atoms with Crippen molar-refractivity contribution in [3.63, 3.8) is 0 Å². The second-order valence-electron chi connectivity index (χ2n) is 2.13. The summed E-state index contributed by atoms with van der Waals surface area (Å²) in [6.07, 6.45) is -2.86. The molecule has 0 aromatic carbocycles. The van der Waals surface area contributed by atoms with Crippen molar-refractivity contribution >= 4 is 5.71 Å². The predicted octanol–water partition coefficient (Wildman–Crippen LogP) is -0.147. The van der Waals surface area contributed by atoms with Gasteiger partial charge in [0, 0.05) is 0 Å². The highest BCUT2D eigenvalue weighted by Crippen LogP contribution is 2.18. The Labute approximate surface area is 66.3 Å². The molecule has 1 aliphatic heterocycles. The minimum atomic E-state index is -4.41. The van der Waals surface area contributed by atoms with Crippen molar-refractivity contribution in [3.05, 3.63) is 12.2 Å². The first kappa shape index (κ1) is 9.01. The van der Waals surface area contributed by atoms with Gasteiger partial charge in [-0.2, -0.15) is 18.3 Å². The summed E-state index contributed by atoms with van der Waals surface area (Å²) in [6.45, 7) is 0. The standard InChI is InChI=1S/C5H7F3N4/c6-5(7,8)3-1-2-4(10-9)12-11-3/h1-2,4,10,12H,9H2. The highest BCUT2D eigenvalue weighted by Gasteiger charge is 2.35. The first-order valence-electron chi connectivity index (χ1n) is 3.09. The molecule has 0 spiro atoms. The molecule has 0 bridgehead atoms. The molecule has 1 atom stereocenters. The molecule has 0 aromatic heterocycles. The normalized spacial score (nSPS) is 23.3. The zero-order chi connectivity index (χ0) is 9.19. The van der Waals surface area contributed by atoms with Gasteiger partial charge in [0.2, 0.25) is 0 Å². The third kappa shape index (κ3) is 1.95. The zero-order valence-corrected chi connectivity index (χ0v) is 5.89. The fourth-order valence-electron chi connectivity index (χ4n) is 0.657. The summed E-state index contributed by atoms with van der Waals surface area (Å²) in [5, 5.41) is 3.07. The van der Waals surface area contributed by atoms with Crippen molar-refractivity contribution in [1.82, 2.24) is 10.9 Å². The van der Waals surface area contributed by atoms with Crippen LogP contribution >= 0.6 is 0 Å². The van der Waals surface area contributed by atoms with Crippen LogP contribution in [0.4, 0.5) is 13.2 Å². The minimum absolute atomic E-state index is 0.545. The van der Waals surface area contributed by atoms with E-state index < -0.39 is 18.1 Å². The van der Waals surface area contributed by atoms with Crippen LogP contribution in [0.25, 0.3) is 0 Å². The Kier molecular flexibility index (Phi) is 2.34. The van der Waals surface area contributed by atoms with Crippen molar-refractivity contribution < 1.29 is 13.2 Å². The molecule has 0 aromatic rings. The van der Waals surface area contributed by atoms with Crippen molar-refractivity contribution in [1.29, 1.82) is 0 Å². The maximum Gasteiger partial charge on any atom is 0.435 e. The van der Waals surface area contributed by atoms with Crippen LogP contribution in [0.15, 0.2) is 17.3 Å². The smallest absolute Gasteiger partial charge is 0.287 e. The van der Waals surface area contributed by atoms with Crippen molar-refractivity contribution in [2.24, 2.45) is 10.9 Å². The number of allylic oxidation sites excluding steroid dienone is 1. The number of rotatable bonds is 1. The van der Waals surface area contributed by atoms with Crippen LogP contribution in [0.1, 0.15) is 0 Å². The van der Waals surface area contributed by atoms with Gasteiger partial charge in [-0.15, -0.1) is 0 Å². The van der Waals surface area contributed by atoms with Gasteiger partial charge in [0.25, 0.3) is 0 Å². The van der Waals surface area contributed by atoms with E-state index in [4.69, 9.17) is 5.84 Å². The first-order chi connectivity index (χ1) is 5.54. The van der Waals surface area contributed by atoms with Gasteiger partial charge in [-0.1, -0.05) is 0 Å². The molecular weight excluding hydrogens is 173 g/mol. The zero-order valence-electron chi connectivity index (χ0n) is 5.89. The molecule has 1 heterocycles. The number of hydrogen-bond acceptors (Lipinski definition) is 4. The summed E-state index contributed by atoms with van der Waals surface area (Å²) in [7, 11) is 0. The SMILES string of the molecule is NNC1C=CC(C(F)(F)F)=NN1. The summed E-state index contributed by atoms with van der Waals surface area (Å²) in [6, 6.07) is 0. The van der Waals surface area contributed by atoms with Gasteiger partial charge >= 0.3 is 6.18 Å². The predicted molar refractivity (Wildman–Crippen MR) is 36.9 cm³/mol. The fourth-order valence-corrected chi connectivity index (χ4v) is 0.657. The quantitative estimate of drug-likeness (QED) is 0.388. The third-order valence-electron chi connectivity index (χ3n) is 1.24. The number of nitrogens with one attached hydrogen (secondary N) is 2. The second kappa shape index (κ2) is 3.11. The van der Waals surface area contributed by atoms with Gasteiger partial charge in [0.05, 0.1) is 0 Å². The molecule has 0 saturated carbocycles. The van der Waals surface area contributed by atoms with Gasteiger partial charge in [0.1, 0.15) is 6.17 Å². The Hall–Kier alpha value is -1.08. The van der Waals surface area contributed by atoms with E-state index in [-0.39, 0.29) is 0 Å². The van der Waals surface area contributed by atoms with Crippen LogP contribution in [0.3, 0.4) is 0 Å². The van der Waals surface area contributed by atoms with Gasteiger partial charge < -0.3 is 0 Å². The number of hydrogen-bond donors (Lipinski definition) is 3. The number of nitrogens with two attached hydrogens (primary N) is 1. The molecule has 0 fully saturated rings. The van der Waals surface area contributed by atoms with Crippen LogP contribution in [0.5, 0.6) is 0 Å². The second-order valence-corrected chi connectivity index (χ2v) is 2.13. The van der Waals surface area contributed by atoms with E-state index in [1.165, 1.54) is 6.08 Å². The van der Waals surface area contributed by atoms with Crippen LogP contribution < -0.4 is 16.7 Å². The highest BCUT2D eigenvalue weighted by atomic mass is 19.4. The van der Waals surface area contributed by atoms with Gasteiger partial charge in [-0.05, 0) is 12.2 Å². The van der Waals surface area contributed by atoms with E-state index in [1.807, 2.05) is 0 Å². The van der Waals surface area contributed by atoms with E-state index >= 15 is 0 Å². The molecule has 0 aliphatic carbocycles. The third-order valence-corrected chi connectivity index (χ3v) is 1.24. The number of hydrazine groups is 1. The van der Waals surface area contributed by atoms with Crippen LogP contribution in [0, 0.1) is 0 Å². The molecule has 1 rings (SSSR count). The molecule has 12 heavy (non-hydrogen) atoms. The molecule has 1 aliphatic rings. The van der Waals surface area contributed by atoms with E-state index in [0.29, 0.717) is 0 Å². The summed E-state index contributed by atoms with van der Waals surface area (Å²) >= 11 is 0. The van der Waals surface area contributed by atoms with Gasteiger partial charge in [-0.25, -0.2) is 5.43 Å². The number of alkyl halides is 3. The van der Waals surface area contributed by atoms with Gasteiger partial charge in [-0.3, -0.25) is 11.3 Å². The maximum absolute atomic E-state index is 11.9. The summed E-state index contributed by atoms with van der Waals surface area (Å²) in [5.41, 5.74) is 3.41. The largest absolute Gasteiger partial charge is 0.435 e. The molecule has 0 amide bonds. The fraction of sp³-hybridized carbons (Fsp3) is 0.400. The molecule has 4 nitrogen and oxygen atoms in total. The lowest BCUT2D eigenvalue weighted by molar-refractivity contribution is -0.0583. The van der Waals surface area contributed by atoms with Crippen LogP contribution in [0.2, 0.25) is 0 Å². The van der Waals surface area contributed by atoms with Crippen molar-refractivity contribution in [3.8, 4) is 0 Å². The lowest BCUT2D eigenvalue weighted by atomic mass is 10.3. The van der Waals surface area contributed by atoms with Crippen LogP contribution in [-0.4, -0.2) is 18.1 Å². The number of nitrogens with zero attached hydrogens (tertiary/aromatic N) is 1. The van der Waals surface area contributed by atoms with E-state index in [9.17, 15) is 13.2 Å². The van der Waals surface area contributed by atoms with Gasteiger partial charge in [0.15, 0.2) is 5.71 Å². The minimum Gasteiger partial charge on any atom is -0.287 e. The molecule has 1 unspecified atom stereocenters. The van der Waals surface area contributed by atoms with Crippen molar-refractivity contribution in [2.75, 3.05) is 0 Å². The molecule has 4 N–H and O–H groups in total. The Morgan fingerprint density at radius 2 is 2.25 bits per heavy atom. The molecule has 7 heteroatoms. The Morgan fingerprint density at radius 3 is 2.58 bits per heavy atom. The lowest BCUT2D eigenvalue weighted by Crippen LogP contribution is -2.45. The topological polar surface area (TPSA) is 62.4 Å². The number of hydrazone groups is 1. The lowest BCUT2D eigenvalue weighted by Gasteiger charge is -2.17. The van der Waals surface area contributed by atoms with E-state index in [2.05, 4.69) is 16.0 Å². The molecule has 0 radical (unpaired) electrons. The Bertz CT molecular complexity index is 219. The highest BCUT2D eigenvalue weighted by molar-refractivity contribution is 5.99. The first-order valence-corrected chi connectivity index (χ1v) is 3.09. The summed E-state index contributed by atoms with van der Waals surface area (Å²) in [4.78, 5) is 0. The van der Waals surface area contributed by atoms with E-state index in [0.717, 1.165) is 6.08 Å². The van der Waals surface area contributed by atoms with Crippen LogP contribution in [-0.2, 0) is 0 Å². The molecular formula is C5H7F3N4. The van der Waals surface area contributed by atoms with Crippen molar-refractivity contribution in [2.45, 2.75) is 12.3 Å². The maximum atomic E-state index is 11.9. The monoisotopic (exact) mass is 180 g/mol. The Balaban J connectivity index is 2.64. The number of halogens is 3. The Morgan fingerprint density at radius 1 is 1.58 bits per heavy atom.